The second kappa shape index (κ2) is 8.90. The molecule has 0 unspecified atom stereocenters. The lowest BCUT2D eigenvalue weighted by molar-refractivity contribution is -0.136. The summed E-state index contributed by atoms with van der Waals surface area (Å²) in [5.41, 5.74) is -0.591. The molecule has 0 radical (unpaired) electrons. The Balaban J connectivity index is 1.63. The number of allylic oxidation sites excluding steroid dienone is 1. The van der Waals surface area contributed by atoms with Crippen molar-refractivity contribution in [3.8, 4) is 17.3 Å². The van der Waals surface area contributed by atoms with Crippen LogP contribution in [0.4, 0.5) is 18.9 Å². The van der Waals surface area contributed by atoms with Crippen LogP contribution < -0.4 is 10.9 Å². The molecule has 0 atom stereocenters. The van der Waals surface area contributed by atoms with Crippen LogP contribution in [0.3, 0.4) is 0 Å². The fraction of sp³-hybridized carbons (Fsp3) is 0.0455. The molecule has 0 aliphatic carbocycles. The summed E-state index contributed by atoms with van der Waals surface area (Å²) in [6, 6.07) is 11.3. The zero-order valence-electron chi connectivity index (χ0n) is 16.2. The van der Waals surface area contributed by atoms with Crippen LogP contribution in [0.1, 0.15) is 10.6 Å². The van der Waals surface area contributed by atoms with Crippen molar-refractivity contribution in [2.45, 2.75) is 6.18 Å². The molecule has 0 spiro atoms. The third-order valence-corrected chi connectivity index (χ3v) is 6.12. The molecular formula is C22H10Cl2F3N3O2S. The fourth-order valence-electron chi connectivity index (χ4n) is 2.97. The van der Waals surface area contributed by atoms with Crippen LogP contribution in [-0.2, 0) is 6.18 Å². The van der Waals surface area contributed by atoms with E-state index in [2.05, 4.69) is 10.3 Å². The van der Waals surface area contributed by atoms with Gasteiger partial charge in [0, 0.05) is 40.3 Å². The molecule has 1 N–H and O–H groups in total. The summed E-state index contributed by atoms with van der Waals surface area (Å²) in [6.45, 7) is 0. The molecule has 0 bridgehead atoms. The smallest absolute Gasteiger partial charge is 0.417 e. The first-order chi connectivity index (χ1) is 15.7. The van der Waals surface area contributed by atoms with Gasteiger partial charge in [0.15, 0.2) is 0 Å². The Morgan fingerprint density at radius 1 is 1.15 bits per heavy atom. The van der Waals surface area contributed by atoms with E-state index in [1.807, 2.05) is 6.07 Å². The molecule has 11 heteroatoms. The average molecular weight is 508 g/mol. The van der Waals surface area contributed by atoms with Gasteiger partial charge in [0.2, 0.25) is 0 Å². The number of nitrogens with one attached hydrogen (secondary N) is 1. The molecule has 4 rings (SSSR count). The van der Waals surface area contributed by atoms with Gasteiger partial charge in [0.25, 0.3) is 0 Å². The van der Waals surface area contributed by atoms with Crippen LogP contribution in [0.25, 0.3) is 27.8 Å². The largest absolute Gasteiger partial charge is 0.423 e. The van der Waals surface area contributed by atoms with Crippen molar-refractivity contribution in [3.63, 3.8) is 0 Å². The lowest BCUT2D eigenvalue weighted by Crippen LogP contribution is -2.11. The molecular weight excluding hydrogens is 498 g/mol. The van der Waals surface area contributed by atoms with E-state index in [0.29, 0.717) is 32.5 Å². The number of halogens is 5. The maximum absolute atomic E-state index is 13.2. The van der Waals surface area contributed by atoms with Gasteiger partial charge in [0.1, 0.15) is 22.2 Å². The van der Waals surface area contributed by atoms with Crippen molar-refractivity contribution in [3.05, 3.63) is 85.1 Å². The van der Waals surface area contributed by atoms with E-state index in [1.54, 1.807) is 23.6 Å². The number of alkyl halides is 3. The van der Waals surface area contributed by atoms with E-state index in [0.717, 1.165) is 5.56 Å². The molecule has 0 amide bonds. The second-order valence-corrected chi connectivity index (χ2v) is 8.34. The molecule has 5 nitrogen and oxygen atoms in total. The number of benzene rings is 2. The zero-order chi connectivity index (χ0) is 23.8. The molecule has 2 aromatic heterocycles. The Bertz CT molecular complexity index is 1500. The van der Waals surface area contributed by atoms with Crippen molar-refractivity contribution in [1.29, 1.82) is 5.26 Å². The number of nitrogens with zero attached hydrogens (tertiary/aromatic N) is 2. The predicted molar refractivity (Wildman–Crippen MR) is 122 cm³/mol. The number of rotatable bonds is 4. The molecule has 33 heavy (non-hydrogen) atoms. The topological polar surface area (TPSA) is 78.9 Å². The quantitative estimate of drug-likeness (QED) is 0.233. The first-order valence-corrected chi connectivity index (χ1v) is 10.7. The van der Waals surface area contributed by atoms with Gasteiger partial charge in [-0.05, 0) is 24.3 Å². The lowest BCUT2D eigenvalue weighted by Gasteiger charge is -2.10. The normalized spacial score (nSPS) is 12.1. The van der Waals surface area contributed by atoms with Crippen LogP contribution in [0, 0.1) is 11.3 Å². The first-order valence-electron chi connectivity index (χ1n) is 9.09. The van der Waals surface area contributed by atoms with E-state index >= 15 is 0 Å². The molecule has 2 heterocycles. The summed E-state index contributed by atoms with van der Waals surface area (Å²) in [6.07, 6.45) is -3.34. The summed E-state index contributed by atoms with van der Waals surface area (Å²) in [7, 11) is 0. The third kappa shape index (κ3) is 4.88. The monoisotopic (exact) mass is 507 g/mol. The van der Waals surface area contributed by atoms with Crippen molar-refractivity contribution in [2.24, 2.45) is 0 Å². The van der Waals surface area contributed by atoms with Crippen molar-refractivity contribution >= 4 is 56.8 Å². The van der Waals surface area contributed by atoms with Gasteiger partial charge < -0.3 is 9.73 Å². The van der Waals surface area contributed by atoms with E-state index in [1.165, 1.54) is 35.7 Å². The number of fused-ring (bicyclic) bond motifs is 1. The zero-order valence-corrected chi connectivity index (χ0v) is 18.5. The Morgan fingerprint density at radius 2 is 1.94 bits per heavy atom. The Labute approximate surface area is 198 Å². The number of nitriles is 1. The van der Waals surface area contributed by atoms with Gasteiger partial charge in [0.05, 0.1) is 21.3 Å². The average Bonchev–Trinajstić information content (AvgIpc) is 3.24. The number of hydrogen-bond donors (Lipinski definition) is 1. The van der Waals surface area contributed by atoms with Gasteiger partial charge in [-0.25, -0.2) is 9.78 Å². The van der Waals surface area contributed by atoms with Crippen molar-refractivity contribution in [2.75, 3.05) is 5.32 Å². The Morgan fingerprint density at radius 3 is 2.64 bits per heavy atom. The molecule has 166 valence electrons. The second-order valence-electron chi connectivity index (χ2n) is 6.67. The Hall–Kier alpha value is -3.32. The minimum absolute atomic E-state index is 0.192. The van der Waals surface area contributed by atoms with Crippen LogP contribution in [0.5, 0.6) is 0 Å². The molecule has 0 saturated carbocycles. The number of aromatic nitrogens is 1. The minimum atomic E-state index is -4.70. The summed E-state index contributed by atoms with van der Waals surface area (Å²) in [5, 5.41) is 15.1. The maximum atomic E-state index is 13.2. The van der Waals surface area contributed by atoms with Gasteiger partial charge >= 0.3 is 11.8 Å². The highest BCUT2D eigenvalue weighted by atomic mass is 35.5. The highest BCUT2D eigenvalue weighted by molar-refractivity contribution is 7.11. The summed E-state index contributed by atoms with van der Waals surface area (Å²) < 4.78 is 44.5. The first kappa shape index (κ1) is 22.9. The van der Waals surface area contributed by atoms with E-state index < -0.39 is 17.4 Å². The minimum Gasteiger partial charge on any atom is -0.423 e. The maximum Gasteiger partial charge on any atom is 0.417 e. The predicted octanol–water partition coefficient (Wildman–Crippen LogP) is 7.22. The van der Waals surface area contributed by atoms with Gasteiger partial charge in [-0.15, -0.1) is 11.3 Å². The summed E-state index contributed by atoms with van der Waals surface area (Å²) in [4.78, 5) is 16.0. The lowest BCUT2D eigenvalue weighted by atomic mass is 10.1. The van der Waals surface area contributed by atoms with Crippen LogP contribution in [0.2, 0.25) is 10.0 Å². The number of thiazole rings is 1. The highest BCUT2D eigenvalue weighted by Gasteiger charge is 2.33. The Kier molecular flexibility index (Phi) is 6.17. The molecule has 4 aromatic rings. The van der Waals surface area contributed by atoms with Crippen LogP contribution >= 0.6 is 34.5 Å². The summed E-state index contributed by atoms with van der Waals surface area (Å²) >= 11 is 13.2. The summed E-state index contributed by atoms with van der Waals surface area (Å²) in [5.74, 6) is 0. The van der Waals surface area contributed by atoms with Gasteiger partial charge in [-0.1, -0.05) is 29.3 Å². The highest BCUT2D eigenvalue weighted by Crippen LogP contribution is 2.35. The molecule has 0 aliphatic heterocycles. The van der Waals surface area contributed by atoms with Crippen LogP contribution in [0.15, 0.2) is 63.3 Å². The standard InChI is InChI=1S/C22H10Cl2F3N3O2S/c23-16-4-1-11(5-17(16)24)18-10-33-21(30-18)12(8-28)9-29-13-2-3-14-15(22(25,26)27)7-20(31)32-19(14)6-13/h1-7,9-10,29H. The van der Waals surface area contributed by atoms with Gasteiger partial charge in [-0.2, -0.15) is 18.4 Å². The van der Waals surface area contributed by atoms with E-state index in [9.17, 15) is 23.2 Å². The molecule has 2 aromatic carbocycles. The SMILES string of the molecule is N#CC(=CNc1ccc2c(C(F)(F)F)cc(=O)oc2c1)c1nc(-c2ccc(Cl)c(Cl)c2)cs1. The fourth-order valence-corrected chi connectivity index (χ4v) is 4.06. The van der Waals surface area contributed by atoms with E-state index in [-0.39, 0.29) is 16.5 Å². The van der Waals surface area contributed by atoms with Crippen LogP contribution in [-0.4, -0.2) is 4.98 Å². The number of hydrogen-bond acceptors (Lipinski definition) is 6. The van der Waals surface area contributed by atoms with Gasteiger partial charge in [-0.3, -0.25) is 0 Å². The molecule has 0 saturated heterocycles. The molecule has 0 fully saturated rings. The third-order valence-electron chi connectivity index (χ3n) is 4.50. The molecule has 0 aliphatic rings. The van der Waals surface area contributed by atoms with Crippen molar-refractivity contribution < 1.29 is 17.6 Å². The van der Waals surface area contributed by atoms with Crippen molar-refractivity contribution in [1.82, 2.24) is 4.98 Å². The van der Waals surface area contributed by atoms with E-state index in [4.69, 9.17) is 27.6 Å². The number of anilines is 1.